The van der Waals surface area contributed by atoms with Gasteiger partial charge in [0, 0.05) is 18.3 Å². The molecular formula is C34H44N10O6+2. The van der Waals surface area contributed by atoms with E-state index >= 15 is 0 Å². The Kier molecular flexibility index (Phi) is 10.8. The summed E-state index contributed by atoms with van der Waals surface area (Å²) >= 11 is 0. The van der Waals surface area contributed by atoms with Gasteiger partial charge in [0.1, 0.15) is 0 Å². The highest BCUT2D eigenvalue weighted by Gasteiger charge is 2.31. The number of rotatable bonds is 12. The van der Waals surface area contributed by atoms with Crippen LogP contribution in [0.15, 0.2) is 76.0 Å². The van der Waals surface area contributed by atoms with Crippen molar-refractivity contribution < 1.29 is 37.7 Å². The van der Waals surface area contributed by atoms with Gasteiger partial charge < -0.3 is 19.7 Å². The predicted octanol–water partition coefficient (Wildman–Crippen LogP) is 0.164. The molecule has 2 aromatic heterocycles. The van der Waals surface area contributed by atoms with Crippen molar-refractivity contribution in [3.8, 4) is 0 Å². The van der Waals surface area contributed by atoms with Crippen LogP contribution in [0.2, 0.25) is 0 Å². The zero-order valence-corrected chi connectivity index (χ0v) is 28.0. The number of fused-ring (bicyclic) bond motifs is 1. The minimum atomic E-state index is -0.538. The third-order valence-corrected chi connectivity index (χ3v) is 9.16. The van der Waals surface area contributed by atoms with Gasteiger partial charge in [-0.05, 0) is 42.9 Å². The van der Waals surface area contributed by atoms with Gasteiger partial charge in [-0.25, -0.2) is 0 Å². The number of anilines is 3. The number of hydrogen-bond acceptors (Lipinski definition) is 12. The van der Waals surface area contributed by atoms with Crippen molar-refractivity contribution in [3.63, 3.8) is 0 Å². The lowest BCUT2D eigenvalue weighted by Gasteiger charge is -2.30. The molecule has 7 rings (SSSR count). The van der Waals surface area contributed by atoms with Crippen LogP contribution in [0, 0.1) is 0 Å². The molecule has 50 heavy (non-hydrogen) atoms. The summed E-state index contributed by atoms with van der Waals surface area (Å²) in [5, 5.41) is 21.6. The van der Waals surface area contributed by atoms with Gasteiger partial charge in [0.2, 0.25) is 22.4 Å². The van der Waals surface area contributed by atoms with E-state index in [2.05, 4.69) is 49.6 Å². The molecule has 3 aliphatic heterocycles. The first-order chi connectivity index (χ1) is 24.6. The maximum absolute atomic E-state index is 13.9. The molecule has 3 aliphatic rings. The highest BCUT2D eigenvalue weighted by atomic mass is 16.5. The van der Waals surface area contributed by atoms with Crippen molar-refractivity contribution in [2.45, 2.75) is 37.8 Å². The number of carbonyl (C=O) groups excluding carboxylic acids is 2. The Morgan fingerprint density at radius 3 is 2.12 bits per heavy atom. The second-order valence-corrected chi connectivity index (χ2v) is 12.6. The Hall–Kier alpha value is -5.06. The summed E-state index contributed by atoms with van der Waals surface area (Å²) in [5.74, 6) is 0.0837. The first-order valence-electron chi connectivity index (χ1n) is 17.2. The molecular weight excluding hydrogens is 644 g/mol. The number of hydrogen-bond donors (Lipinski definition) is 3. The molecule has 0 spiro atoms. The summed E-state index contributed by atoms with van der Waals surface area (Å²) in [5.41, 5.74) is 3.28. The number of carbonyl (C=O) groups is 2. The van der Waals surface area contributed by atoms with Crippen molar-refractivity contribution in [2.24, 2.45) is 0 Å². The van der Waals surface area contributed by atoms with E-state index in [-0.39, 0.29) is 36.2 Å². The van der Waals surface area contributed by atoms with Crippen molar-refractivity contribution in [3.05, 3.63) is 78.1 Å². The van der Waals surface area contributed by atoms with E-state index in [9.17, 15) is 9.59 Å². The van der Waals surface area contributed by atoms with E-state index in [0.29, 0.717) is 72.0 Å². The lowest BCUT2D eigenvalue weighted by atomic mass is 10.0. The van der Waals surface area contributed by atoms with Crippen LogP contribution in [0.25, 0.3) is 0 Å². The maximum atomic E-state index is 13.9. The van der Waals surface area contributed by atoms with Crippen molar-refractivity contribution in [1.29, 1.82) is 0 Å². The Balaban J connectivity index is 1.04. The quantitative estimate of drug-likeness (QED) is 0.174. The van der Waals surface area contributed by atoms with Crippen LogP contribution in [-0.2, 0) is 31.9 Å². The van der Waals surface area contributed by atoms with Crippen molar-refractivity contribution in [2.75, 3.05) is 91.2 Å². The molecule has 0 unspecified atom stereocenters. The van der Waals surface area contributed by atoms with Crippen LogP contribution in [0.4, 0.5) is 17.5 Å². The Morgan fingerprint density at radius 2 is 1.44 bits per heavy atom. The van der Waals surface area contributed by atoms with E-state index in [0.717, 1.165) is 29.7 Å². The third kappa shape index (κ3) is 8.56. The first kappa shape index (κ1) is 33.4. The van der Waals surface area contributed by atoms with Crippen LogP contribution in [0.5, 0.6) is 0 Å². The van der Waals surface area contributed by atoms with Gasteiger partial charge in [-0.15, -0.1) is 10.0 Å². The van der Waals surface area contributed by atoms with Crippen LogP contribution in [0.1, 0.15) is 24.0 Å². The van der Waals surface area contributed by atoms with E-state index in [4.69, 9.17) is 18.5 Å². The molecule has 0 aliphatic carbocycles. The molecule has 2 aromatic carbocycles. The van der Waals surface area contributed by atoms with Gasteiger partial charge in [0.25, 0.3) is 12.4 Å². The number of nitrogens with one attached hydrogen (secondary N) is 3. The van der Waals surface area contributed by atoms with E-state index in [1.165, 1.54) is 0 Å². The van der Waals surface area contributed by atoms with E-state index in [1.807, 2.05) is 46.4 Å². The minimum absolute atomic E-state index is 0.0912. The second-order valence-electron chi connectivity index (χ2n) is 12.6. The molecule has 264 valence electrons. The Bertz CT molecular complexity index is 1700. The lowest BCUT2D eigenvalue weighted by molar-refractivity contribution is -0.760. The van der Waals surface area contributed by atoms with Crippen LogP contribution >= 0.6 is 0 Å². The monoisotopic (exact) mass is 688 g/mol. The lowest BCUT2D eigenvalue weighted by Crippen LogP contribution is -2.62. The number of benzene rings is 2. The standard InChI is InChI=1S/C34H42N10O6/c45-31(36-32-24-43(38-49-32)41-14-18-47-19-15-41)23-40-22-28(12-11-27-8-4-5-9-30(27)40)35-29(13-10-26-6-2-1-3-7-26)34(46)37-33-25-44(39-50-33)42-16-20-48-21-17-42/h1-9,24-25,28-29,35H,10-23H2/p+2/t28-,29-/m0/s1. The molecule has 0 saturated carbocycles. The summed E-state index contributed by atoms with van der Waals surface area (Å²) < 4.78 is 21.8. The fourth-order valence-electron chi connectivity index (χ4n) is 6.56. The molecule has 3 N–H and O–H groups in total. The first-order valence-corrected chi connectivity index (χ1v) is 17.2. The molecule has 16 heteroatoms. The molecule has 2 saturated heterocycles. The van der Waals surface area contributed by atoms with Crippen LogP contribution in [-0.4, -0.2) is 100 Å². The van der Waals surface area contributed by atoms with Crippen LogP contribution < -0.4 is 40.4 Å². The Morgan fingerprint density at radius 1 is 0.820 bits per heavy atom. The molecule has 5 heterocycles. The van der Waals surface area contributed by atoms with E-state index < -0.39 is 6.04 Å². The molecule has 0 bridgehead atoms. The number of ether oxygens (including phenoxy) is 2. The fourth-order valence-corrected chi connectivity index (χ4v) is 6.56. The third-order valence-electron chi connectivity index (χ3n) is 9.16. The summed E-state index contributed by atoms with van der Waals surface area (Å²) in [6.07, 6.45) is 6.18. The topological polar surface area (TPSA) is 158 Å². The molecule has 4 aromatic rings. The van der Waals surface area contributed by atoms with Gasteiger partial charge >= 0.3 is 11.8 Å². The average molecular weight is 689 g/mol. The van der Waals surface area contributed by atoms with Gasteiger partial charge in [-0.3, -0.25) is 29.3 Å². The Labute approximate surface area is 289 Å². The van der Waals surface area contributed by atoms with Crippen LogP contribution in [0.3, 0.4) is 0 Å². The van der Waals surface area contributed by atoms with Crippen molar-refractivity contribution in [1.82, 2.24) is 15.9 Å². The largest absolute Gasteiger partial charge is 0.377 e. The second kappa shape index (κ2) is 16.1. The number of morpholine rings is 2. The van der Waals surface area contributed by atoms with Crippen molar-refractivity contribution >= 4 is 29.3 Å². The number of amides is 2. The predicted molar refractivity (Wildman–Crippen MR) is 181 cm³/mol. The minimum Gasteiger partial charge on any atom is -0.377 e. The summed E-state index contributed by atoms with van der Waals surface area (Å²) in [6, 6.07) is 17.6. The SMILES string of the molecule is O=C(CN1C[C@@H](N[C@@H](CCc2ccccc2)C(=O)Nc2c[n+](N3CCOCC3)no2)CCc2ccccc21)Nc1c[n+](N2CCOCC2)no1. The zero-order valence-electron chi connectivity index (χ0n) is 28.0. The highest BCUT2D eigenvalue weighted by molar-refractivity contribution is 5.94. The average Bonchev–Trinajstić information content (AvgIpc) is 3.79. The summed E-state index contributed by atoms with van der Waals surface area (Å²) in [4.78, 5) is 32.5. The molecule has 2 fully saturated rings. The molecule has 0 radical (unpaired) electrons. The van der Waals surface area contributed by atoms with Gasteiger partial charge in [-0.1, -0.05) is 48.5 Å². The highest BCUT2D eigenvalue weighted by Crippen LogP contribution is 2.27. The number of para-hydroxylation sites is 1. The number of nitrogens with zero attached hydrogens (tertiary/aromatic N) is 7. The number of aryl methyl sites for hydroxylation is 2. The number of aromatic nitrogens is 4. The van der Waals surface area contributed by atoms with Gasteiger partial charge in [0.15, 0.2) is 0 Å². The fraction of sp³-hybridized carbons (Fsp3) is 0.471. The van der Waals surface area contributed by atoms with E-state index in [1.54, 1.807) is 22.0 Å². The smallest absolute Gasteiger partial charge is 0.305 e. The normalized spacial score (nSPS) is 18.6. The molecule has 2 atom stereocenters. The molecule has 16 nitrogen and oxygen atoms in total. The summed E-state index contributed by atoms with van der Waals surface area (Å²) in [7, 11) is 0. The maximum Gasteiger partial charge on any atom is 0.305 e. The molecule has 2 amide bonds. The summed E-state index contributed by atoms with van der Waals surface area (Å²) in [6.45, 7) is 5.74. The van der Waals surface area contributed by atoms with Gasteiger partial charge in [0.05, 0.1) is 74.8 Å². The van der Waals surface area contributed by atoms with Gasteiger partial charge in [-0.2, -0.15) is 0 Å². The zero-order chi connectivity index (χ0) is 34.1.